The van der Waals surface area contributed by atoms with Gasteiger partial charge in [0.15, 0.2) is 5.69 Å². The van der Waals surface area contributed by atoms with Crippen LogP contribution in [-0.2, 0) is 11.8 Å². The van der Waals surface area contributed by atoms with Gasteiger partial charge in [0.05, 0.1) is 5.52 Å². The largest absolute Gasteiger partial charge is 0.481 e. The molecule has 1 aromatic heterocycles. The number of fused-ring (bicyclic) bond motifs is 3. The molecule has 27 heavy (non-hydrogen) atoms. The molecule has 1 unspecified atom stereocenters. The maximum absolute atomic E-state index is 12.7. The lowest BCUT2D eigenvalue weighted by molar-refractivity contribution is -0.134. The number of para-hydroxylation sites is 1. The van der Waals surface area contributed by atoms with E-state index in [1.807, 2.05) is 31.3 Å². The van der Waals surface area contributed by atoms with Gasteiger partial charge in [-0.2, -0.15) is 5.10 Å². The Kier molecular flexibility index (Phi) is 5.79. The number of aliphatic carboxylic acids is 1. The molecule has 4 rings (SSSR count). The molecule has 2 N–H and O–H groups in total. The first kappa shape index (κ1) is 19.4. The standard InChI is InChI=1S/C18H24N4O.C2H4O2/c1-21-13-6-5-7-14(21)11-12(10-13)19-18(23)17-15-8-3-4-9-16(15)22(2)20-17;1-2(3)4/h3-4,8-9,12-14H,5-7,10-11H2,1-2H3,(H,19,23);1H3,(H,3,4)/t12?,13-,14+;. The van der Waals surface area contributed by atoms with E-state index < -0.39 is 5.97 Å². The summed E-state index contributed by atoms with van der Waals surface area (Å²) in [5.74, 6) is -0.866. The lowest BCUT2D eigenvalue weighted by Crippen LogP contribution is -2.55. The molecule has 0 saturated carbocycles. The second kappa shape index (κ2) is 8.08. The van der Waals surface area contributed by atoms with Crippen LogP contribution in [0.1, 0.15) is 49.5 Å². The van der Waals surface area contributed by atoms with Gasteiger partial charge in [-0.15, -0.1) is 0 Å². The van der Waals surface area contributed by atoms with E-state index in [0.717, 1.165) is 30.7 Å². The van der Waals surface area contributed by atoms with Gasteiger partial charge in [-0.1, -0.05) is 24.6 Å². The van der Waals surface area contributed by atoms with Crippen LogP contribution in [0, 0.1) is 0 Å². The third kappa shape index (κ3) is 4.30. The maximum atomic E-state index is 12.7. The van der Waals surface area contributed by atoms with Crippen molar-refractivity contribution in [3.63, 3.8) is 0 Å². The lowest BCUT2D eigenvalue weighted by atomic mass is 9.82. The molecule has 0 spiro atoms. The second-order valence-electron chi connectivity index (χ2n) is 7.55. The van der Waals surface area contributed by atoms with Crippen LogP contribution < -0.4 is 5.32 Å². The van der Waals surface area contributed by atoms with E-state index in [9.17, 15) is 4.79 Å². The van der Waals surface area contributed by atoms with Crippen LogP contribution in [0.3, 0.4) is 0 Å². The van der Waals surface area contributed by atoms with Crippen LogP contribution in [0.4, 0.5) is 0 Å². The highest BCUT2D eigenvalue weighted by molar-refractivity contribution is 6.04. The topological polar surface area (TPSA) is 87.5 Å². The number of benzene rings is 1. The fraction of sp³-hybridized carbons (Fsp3) is 0.550. The highest BCUT2D eigenvalue weighted by Gasteiger charge is 2.36. The van der Waals surface area contributed by atoms with E-state index in [0.29, 0.717) is 17.8 Å². The van der Waals surface area contributed by atoms with Crippen molar-refractivity contribution in [2.45, 2.75) is 57.2 Å². The normalized spacial score (nSPS) is 24.8. The molecule has 2 aromatic rings. The van der Waals surface area contributed by atoms with Crippen LogP contribution in [0.25, 0.3) is 10.9 Å². The SMILES string of the molecule is CC(=O)O.CN1[C@@H]2CCC[C@H]1CC(NC(=O)c1nn(C)c3ccccc13)C2. The Labute approximate surface area is 159 Å². The van der Waals surface area contributed by atoms with Crippen molar-refractivity contribution in [2.75, 3.05) is 7.05 Å². The molecule has 3 heterocycles. The summed E-state index contributed by atoms with van der Waals surface area (Å²) in [4.78, 5) is 24.3. The van der Waals surface area contributed by atoms with Crippen LogP contribution in [0.2, 0.25) is 0 Å². The Hall–Kier alpha value is -2.41. The number of aryl methyl sites for hydroxylation is 1. The van der Waals surface area contributed by atoms with Gasteiger partial charge in [-0.25, -0.2) is 0 Å². The van der Waals surface area contributed by atoms with Crippen molar-refractivity contribution >= 4 is 22.8 Å². The van der Waals surface area contributed by atoms with Crippen molar-refractivity contribution in [1.29, 1.82) is 0 Å². The molecule has 2 aliphatic rings. The zero-order valence-corrected chi connectivity index (χ0v) is 16.2. The minimum absolute atomic E-state index is 0.0329. The highest BCUT2D eigenvalue weighted by atomic mass is 16.4. The predicted octanol–water partition coefficient (Wildman–Crippen LogP) is 2.41. The molecule has 0 aliphatic carbocycles. The van der Waals surface area contributed by atoms with Crippen LogP contribution in [0.15, 0.2) is 24.3 Å². The number of amides is 1. The van der Waals surface area contributed by atoms with E-state index in [-0.39, 0.29) is 11.9 Å². The molecule has 1 aromatic carbocycles. The van der Waals surface area contributed by atoms with E-state index in [1.54, 1.807) is 4.68 Å². The molecule has 2 bridgehead atoms. The molecular weight excluding hydrogens is 344 g/mol. The van der Waals surface area contributed by atoms with Crippen molar-refractivity contribution in [1.82, 2.24) is 20.0 Å². The molecule has 7 heteroatoms. The van der Waals surface area contributed by atoms with E-state index in [2.05, 4.69) is 22.4 Å². The third-order valence-electron chi connectivity index (χ3n) is 5.65. The quantitative estimate of drug-likeness (QED) is 0.845. The highest BCUT2D eigenvalue weighted by Crippen LogP contribution is 2.32. The van der Waals surface area contributed by atoms with Gasteiger partial charge in [-0.05, 0) is 38.8 Å². The van der Waals surface area contributed by atoms with E-state index >= 15 is 0 Å². The Morgan fingerprint density at radius 3 is 2.37 bits per heavy atom. The zero-order chi connectivity index (χ0) is 19.6. The summed E-state index contributed by atoms with van der Waals surface area (Å²) in [7, 11) is 4.12. The smallest absolute Gasteiger partial charge is 0.300 e. The summed E-state index contributed by atoms with van der Waals surface area (Å²) in [5.41, 5.74) is 1.55. The van der Waals surface area contributed by atoms with Gasteiger partial charge in [0.2, 0.25) is 0 Å². The van der Waals surface area contributed by atoms with E-state index in [4.69, 9.17) is 9.90 Å². The molecule has 2 saturated heterocycles. The monoisotopic (exact) mass is 372 g/mol. The molecule has 146 valence electrons. The summed E-state index contributed by atoms with van der Waals surface area (Å²) >= 11 is 0. The number of carbonyl (C=O) groups excluding carboxylic acids is 1. The molecule has 0 radical (unpaired) electrons. The summed E-state index contributed by atoms with van der Waals surface area (Å²) in [5, 5.41) is 16.0. The minimum Gasteiger partial charge on any atom is -0.481 e. The first-order chi connectivity index (χ1) is 12.9. The third-order valence-corrected chi connectivity index (χ3v) is 5.65. The average Bonchev–Trinajstić information content (AvgIpc) is 2.93. The van der Waals surface area contributed by atoms with Gasteiger partial charge in [0, 0.05) is 37.5 Å². The maximum Gasteiger partial charge on any atom is 0.300 e. The molecule has 3 atom stereocenters. The minimum atomic E-state index is -0.833. The predicted molar refractivity (Wildman–Crippen MR) is 104 cm³/mol. The Balaban J connectivity index is 0.000000481. The summed E-state index contributed by atoms with van der Waals surface area (Å²) < 4.78 is 1.79. The number of piperidine rings is 2. The number of nitrogens with one attached hydrogen (secondary N) is 1. The molecule has 2 fully saturated rings. The van der Waals surface area contributed by atoms with Crippen molar-refractivity contribution in [3.8, 4) is 0 Å². The number of carboxylic acid groups (broad SMARTS) is 1. The Morgan fingerprint density at radius 2 is 1.74 bits per heavy atom. The number of carbonyl (C=O) groups is 2. The van der Waals surface area contributed by atoms with Gasteiger partial charge in [-0.3, -0.25) is 14.3 Å². The van der Waals surface area contributed by atoms with Crippen LogP contribution >= 0.6 is 0 Å². The number of carboxylic acids is 1. The number of nitrogens with zero attached hydrogens (tertiary/aromatic N) is 3. The molecule has 2 aliphatic heterocycles. The number of rotatable bonds is 2. The second-order valence-corrected chi connectivity index (χ2v) is 7.55. The number of aromatic nitrogens is 2. The van der Waals surface area contributed by atoms with E-state index in [1.165, 1.54) is 19.3 Å². The first-order valence-corrected chi connectivity index (χ1v) is 9.51. The summed E-state index contributed by atoms with van der Waals surface area (Å²) in [6, 6.07) is 9.42. The fourth-order valence-electron chi connectivity index (χ4n) is 4.37. The molecule has 7 nitrogen and oxygen atoms in total. The van der Waals surface area contributed by atoms with Gasteiger partial charge in [0.1, 0.15) is 0 Å². The number of hydrogen-bond acceptors (Lipinski definition) is 4. The van der Waals surface area contributed by atoms with Gasteiger partial charge < -0.3 is 15.3 Å². The van der Waals surface area contributed by atoms with Crippen LogP contribution in [0.5, 0.6) is 0 Å². The summed E-state index contributed by atoms with van der Waals surface area (Å²) in [6.07, 6.45) is 5.95. The van der Waals surface area contributed by atoms with Gasteiger partial charge >= 0.3 is 0 Å². The fourth-order valence-corrected chi connectivity index (χ4v) is 4.37. The van der Waals surface area contributed by atoms with Crippen molar-refractivity contribution < 1.29 is 14.7 Å². The Bertz CT molecular complexity index is 814. The summed E-state index contributed by atoms with van der Waals surface area (Å²) in [6.45, 7) is 1.08. The molecule has 1 amide bonds. The first-order valence-electron chi connectivity index (χ1n) is 9.51. The molecular formula is C20H28N4O3. The van der Waals surface area contributed by atoms with Crippen LogP contribution in [-0.4, -0.2) is 56.8 Å². The van der Waals surface area contributed by atoms with Crippen molar-refractivity contribution in [3.05, 3.63) is 30.0 Å². The Morgan fingerprint density at radius 1 is 1.15 bits per heavy atom. The average molecular weight is 372 g/mol. The zero-order valence-electron chi connectivity index (χ0n) is 16.2. The lowest BCUT2D eigenvalue weighted by Gasteiger charge is -2.47. The van der Waals surface area contributed by atoms with Crippen molar-refractivity contribution in [2.24, 2.45) is 7.05 Å². The number of hydrogen-bond donors (Lipinski definition) is 2. The van der Waals surface area contributed by atoms with Gasteiger partial charge in [0.25, 0.3) is 11.9 Å².